The molecule has 6 fully saturated rings. The van der Waals surface area contributed by atoms with Crippen molar-refractivity contribution < 1.29 is 178 Å². The number of nitrogens with one attached hydrogen (secondary N) is 3. The number of carboxylic acids is 1. The van der Waals surface area contributed by atoms with E-state index in [0.29, 0.717) is 0 Å². The summed E-state index contributed by atoms with van der Waals surface area (Å²) in [7, 11) is 0. The molecule has 0 radical (unpaired) electrons. The Labute approximate surface area is 486 Å². The SMILES string of the molecule is CC(=O)N[C@H]1[C@H](O[C@H]2[C@@H](O)[C@@H](CO)O[C@@H](O[C@H]3[C@H](O)[C@@H](O)[C@H](OC[C@@H](CO)NC=O)O[C@@H]3CO)[C@@H]2O)O[C@H](CO)[C@@H](O[C@@H]2O[C@H](CO)[C@H](O)[C@H](O[C@@H]3O[C@H](CO)[C@H](O)[C@H](O[C@]4(C(=O)[O-])C[C@H](O)[C@@H](NC(C)=O)[C@H]([C@H](O)[C@H](O)CO)O4)[C@H]3O)[C@H]2O)[C@@H]1O. The van der Waals surface area contributed by atoms with Crippen molar-refractivity contribution in [1.82, 2.24) is 16.0 Å². The molecule has 3 amide bonds. The average molecular weight is 1260 g/mol. The number of carboxylic acid groups (broad SMARTS) is 1. The number of amides is 3. The summed E-state index contributed by atoms with van der Waals surface area (Å²) in [4.78, 5) is 48.5. The van der Waals surface area contributed by atoms with Crippen LogP contribution in [-0.4, -0.2) is 370 Å². The fourth-order valence-electron chi connectivity index (χ4n) is 10.6. The third-order valence-electron chi connectivity index (χ3n) is 15.2. The number of rotatable bonds is 27. The number of carbonyl (C=O) groups excluding carboxylic acids is 4. The average Bonchev–Trinajstić information content (AvgIpc) is 0.864. The molecular weight excluding hydrogens is 1180 g/mol. The summed E-state index contributed by atoms with van der Waals surface area (Å²) in [5.41, 5.74) is 0. The molecule has 0 aromatic heterocycles. The molecule has 39 heteroatoms. The van der Waals surface area contributed by atoms with Crippen molar-refractivity contribution in [2.24, 2.45) is 0 Å². The second kappa shape index (κ2) is 31.6. The van der Waals surface area contributed by atoms with E-state index in [1.54, 1.807) is 0 Å². The lowest BCUT2D eigenvalue weighted by Gasteiger charge is -2.52. The molecular formula is C47H78N3O36-. The highest BCUT2D eigenvalue weighted by Crippen LogP contribution is 2.40. The molecule has 0 bridgehead atoms. The van der Waals surface area contributed by atoms with Crippen LogP contribution in [0.15, 0.2) is 0 Å². The van der Waals surface area contributed by atoms with Gasteiger partial charge in [-0.25, -0.2) is 0 Å². The van der Waals surface area contributed by atoms with Crippen LogP contribution in [0.1, 0.15) is 20.3 Å². The van der Waals surface area contributed by atoms with Gasteiger partial charge in [0.25, 0.3) is 0 Å². The van der Waals surface area contributed by atoms with Crippen LogP contribution < -0.4 is 21.1 Å². The van der Waals surface area contributed by atoms with Gasteiger partial charge in [-0.1, -0.05) is 0 Å². The van der Waals surface area contributed by atoms with Crippen molar-refractivity contribution in [2.75, 3.05) is 52.9 Å². The van der Waals surface area contributed by atoms with Crippen LogP contribution in [0, 0.1) is 0 Å². The van der Waals surface area contributed by atoms with Gasteiger partial charge in [-0.05, 0) is 0 Å². The summed E-state index contributed by atoms with van der Waals surface area (Å²) in [6.07, 6.45) is -59.0. The first-order valence-corrected chi connectivity index (χ1v) is 26.9. The van der Waals surface area contributed by atoms with E-state index in [1.807, 2.05) is 0 Å². The fraction of sp³-hybridized carbons (Fsp3) is 0.915. The quantitative estimate of drug-likeness (QED) is 0.0340. The van der Waals surface area contributed by atoms with E-state index in [0.717, 1.165) is 13.8 Å². The van der Waals surface area contributed by atoms with Crippen LogP contribution >= 0.6 is 0 Å². The highest BCUT2D eigenvalue weighted by Gasteiger charge is 2.60. The Morgan fingerprint density at radius 2 is 0.953 bits per heavy atom. The molecule has 498 valence electrons. The van der Waals surface area contributed by atoms with Crippen LogP contribution in [0.25, 0.3) is 0 Å². The summed E-state index contributed by atoms with van der Waals surface area (Å²) < 4.78 is 68.1. The van der Waals surface area contributed by atoms with Crippen LogP contribution in [-0.2, 0) is 76.0 Å². The zero-order valence-electron chi connectivity index (χ0n) is 45.8. The minimum absolute atomic E-state index is 0.262. The summed E-state index contributed by atoms with van der Waals surface area (Å²) in [5.74, 6) is -7.46. The first-order valence-electron chi connectivity index (χ1n) is 26.9. The second-order valence-corrected chi connectivity index (χ2v) is 21.1. The van der Waals surface area contributed by atoms with E-state index in [9.17, 15) is 121 Å². The van der Waals surface area contributed by atoms with Crippen molar-refractivity contribution in [1.29, 1.82) is 0 Å². The molecule has 6 rings (SSSR count). The lowest BCUT2D eigenvalue weighted by molar-refractivity contribution is -0.413. The van der Waals surface area contributed by atoms with Gasteiger partial charge in [0.05, 0.1) is 71.0 Å². The minimum Gasteiger partial charge on any atom is -0.544 e. The Bertz CT molecular complexity index is 2150. The van der Waals surface area contributed by atoms with Crippen molar-refractivity contribution >= 4 is 24.2 Å². The van der Waals surface area contributed by atoms with E-state index in [2.05, 4.69) is 16.0 Å². The van der Waals surface area contributed by atoms with Crippen LogP contribution in [0.4, 0.5) is 0 Å². The number of aliphatic hydroxyl groups excluding tert-OH is 19. The Balaban J connectivity index is 1.21. The Kier molecular flexibility index (Phi) is 26.3. The Morgan fingerprint density at radius 1 is 0.535 bits per heavy atom. The molecule has 22 N–H and O–H groups in total. The van der Waals surface area contributed by atoms with E-state index in [-0.39, 0.29) is 6.41 Å². The highest BCUT2D eigenvalue weighted by molar-refractivity contribution is 5.75. The molecule has 86 heavy (non-hydrogen) atoms. The number of carbonyl (C=O) groups is 4. The molecule has 32 atom stereocenters. The van der Waals surface area contributed by atoms with E-state index in [1.165, 1.54) is 0 Å². The molecule has 6 saturated heterocycles. The number of hydrogen-bond donors (Lipinski definition) is 22. The fourth-order valence-corrected chi connectivity index (χ4v) is 10.6. The maximum Gasteiger partial charge on any atom is 0.217 e. The molecule has 0 aromatic rings. The third kappa shape index (κ3) is 15.8. The van der Waals surface area contributed by atoms with Crippen molar-refractivity contribution in [3.63, 3.8) is 0 Å². The van der Waals surface area contributed by atoms with Gasteiger partial charge in [0.1, 0.15) is 146 Å². The zero-order valence-corrected chi connectivity index (χ0v) is 45.8. The minimum atomic E-state index is -3.34. The third-order valence-corrected chi connectivity index (χ3v) is 15.2. The summed E-state index contributed by atoms with van der Waals surface area (Å²) in [6.45, 7) is -5.73. The Hall–Kier alpha value is -3.36. The smallest absolute Gasteiger partial charge is 0.217 e. The predicted octanol–water partition coefficient (Wildman–Crippen LogP) is -16.8. The summed E-state index contributed by atoms with van der Waals surface area (Å²) >= 11 is 0. The van der Waals surface area contributed by atoms with Crippen LogP contribution in [0.5, 0.6) is 0 Å². The molecule has 0 aliphatic carbocycles. The van der Waals surface area contributed by atoms with Crippen LogP contribution in [0.2, 0.25) is 0 Å². The normalized spacial score (nSPS) is 45.0. The molecule has 0 spiro atoms. The van der Waals surface area contributed by atoms with Gasteiger partial charge in [-0.3, -0.25) is 14.4 Å². The van der Waals surface area contributed by atoms with E-state index >= 15 is 0 Å². The number of hydrogen-bond acceptors (Lipinski definition) is 36. The van der Waals surface area contributed by atoms with Crippen molar-refractivity contribution in [2.45, 2.75) is 216 Å². The summed E-state index contributed by atoms with van der Waals surface area (Å²) in [6, 6.07) is -4.58. The van der Waals surface area contributed by atoms with Gasteiger partial charge < -0.3 is 180 Å². The second-order valence-electron chi connectivity index (χ2n) is 21.1. The summed E-state index contributed by atoms with van der Waals surface area (Å²) in [5, 5.41) is 226. The number of aliphatic carboxylic acids is 1. The van der Waals surface area contributed by atoms with Gasteiger partial charge in [-0.15, -0.1) is 0 Å². The predicted molar refractivity (Wildman–Crippen MR) is 261 cm³/mol. The molecule has 0 saturated carbocycles. The molecule has 6 heterocycles. The monoisotopic (exact) mass is 1260 g/mol. The molecule has 0 aromatic carbocycles. The lowest BCUT2D eigenvalue weighted by atomic mass is 9.88. The first kappa shape index (κ1) is 71.7. The van der Waals surface area contributed by atoms with Crippen molar-refractivity contribution in [3.8, 4) is 0 Å². The van der Waals surface area contributed by atoms with Crippen LogP contribution in [0.3, 0.4) is 0 Å². The van der Waals surface area contributed by atoms with Gasteiger partial charge in [0.15, 0.2) is 31.5 Å². The topological polar surface area (TPSA) is 623 Å². The highest BCUT2D eigenvalue weighted by atomic mass is 16.8. The zero-order chi connectivity index (χ0) is 63.8. The van der Waals surface area contributed by atoms with Gasteiger partial charge in [0, 0.05) is 20.3 Å². The first-order chi connectivity index (χ1) is 40.7. The molecule has 0 unspecified atom stereocenters. The molecule has 39 nitrogen and oxygen atoms in total. The van der Waals surface area contributed by atoms with E-state index < -0.39 is 273 Å². The molecule has 6 aliphatic heterocycles. The van der Waals surface area contributed by atoms with Crippen molar-refractivity contribution in [3.05, 3.63) is 0 Å². The maximum atomic E-state index is 12.9. The lowest BCUT2D eigenvalue weighted by Crippen LogP contribution is -2.72. The van der Waals surface area contributed by atoms with Gasteiger partial charge in [0.2, 0.25) is 24.0 Å². The Morgan fingerprint density at radius 3 is 1.40 bits per heavy atom. The largest absolute Gasteiger partial charge is 0.544 e. The number of aliphatic hydroxyl groups is 19. The van der Waals surface area contributed by atoms with Gasteiger partial charge in [-0.2, -0.15) is 0 Å². The maximum absolute atomic E-state index is 12.9. The standard InChI is InChI=1S/C47H79N3O36/c1-13(59)49-23-16(61)3-47(46(73)74,85-37(23)25(63)17(62)5-52)86-40-28(66)20(8-55)78-45(34(40)72)84-39-27(65)19(7-54)76-43(33(39)71)81-35-21(9-56)79-41(24(29(35)67)50-14(2)60)83-38-26(64)18(6-53)77-44(32(38)70)82-36-22(10-57)80-42(31(69)30(36)68)75-11-15(4-51)48-12-58/h12,15-45,51-57,61-72H,3-11H2,1-2H3,(H,48,58)(H,49,59)(H,50,60)(H,73,74)/p-1/t15-,16+,17-,18-,19-,20-,21-,22-,23-,24-,25-,26+,27+,28+,29-,30-,31-,32-,33-,34-,35-,36-,37-,38+,39+,40+,41+,42-,43+,44+,45+,47+/m1/s1. The van der Waals surface area contributed by atoms with Gasteiger partial charge >= 0.3 is 0 Å². The molecule has 6 aliphatic rings. The number of ether oxygens (including phenoxy) is 12. The van der Waals surface area contributed by atoms with E-state index in [4.69, 9.17) is 56.8 Å².